The number of aryl methyl sites for hydroxylation is 1. The van der Waals surface area contributed by atoms with E-state index in [1.54, 1.807) is 0 Å². The van der Waals surface area contributed by atoms with Gasteiger partial charge in [-0.1, -0.05) is 6.92 Å². The lowest BCUT2D eigenvalue weighted by Crippen LogP contribution is -1.86. The van der Waals surface area contributed by atoms with Crippen LogP contribution in [0.25, 0.3) is 0 Å². The molecule has 1 aromatic rings. The molecule has 4 heteroatoms. The van der Waals surface area contributed by atoms with Crippen molar-refractivity contribution in [3.63, 3.8) is 0 Å². The van der Waals surface area contributed by atoms with Gasteiger partial charge in [0.2, 0.25) is 0 Å². The van der Waals surface area contributed by atoms with E-state index < -0.39 is 0 Å². The topological polar surface area (TPSA) is 0 Å². The maximum atomic E-state index is 3.53. The van der Waals surface area contributed by atoms with Crippen LogP contribution < -0.4 is 0 Å². The fraction of sp³-hybridized carbons (Fsp3) is 0.250. The van der Waals surface area contributed by atoms with Gasteiger partial charge in [0.05, 0.1) is 0 Å². The molecule has 1 rings (SSSR count). The zero-order valence-corrected chi connectivity index (χ0v) is 12.6. The Morgan fingerprint density at radius 1 is 1.00 bits per heavy atom. The van der Waals surface area contributed by atoms with Crippen LogP contribution in [-0.4, -0.2) is 0 Å². The average molecular weight is 422 g/mol. The molecule has 0 aliphatic heterocycles. The molecule has 0 nitrogen and oxygen atoms in total. The first kappa shape index (κ1) is 11.2. The molecule has 0 unspecified atom stereocenters. The standard InChI is InChI=1S/C8H6Br4/c1-2-4-3-5(9)7(11)8(12)6(4)10/h3H,2H2,1H3. The summed E-state index contributed by atoms with van der Waals surface area (Å²) < 4.78 is 4.31. The maximum absolute atomic E-state index is 3.53. The molecule has 0 radical (unpaired) electrons. The van der Waals surface area contributed by atoms with Gasteiger partial charge in [0.1, 0.15) is 0 Å². The molecule has 0 saturated carbocycles. The minimum atomic E-state index is 1.02. The average Bonchev–Trinajstić information content (AvgIpc) is 2.08. The van der Waals surface area contributed by atoms with Crippen molar-refractivity contribution in [2.45, 2.75) is 13.3 Å². The molecule has 0 fully saturated rings. The predicted molar refractivity (Wildman–Crippen MR) is 66.6 cm³/mol. The van der Waals surface area contributed by atoms with Crippen molar-refractivity contribution in [2.75, 3.05) is 0 Å². The first-order chi connectivity index (χ1) is 5.57. The lowest BCUT2D eigenvalue weighted by molar-refractivity contribution is 1.11. The molecule has 66 valence electrons. The van der Waals surface area contributed by atoms with Gasteiger partial charge in [0.15, 0.2) is 0 Å². The van der Waals surface area contributed by atoms with Crippen LogP contribution in [-0.2, 0) is 6.42 Å². The van der Waals surface area contributed by atoms with Gasteiger partial charge in [-0.3, -0.25) is 0 Å². The Morgan fingerprint density at radius 3 is 2.08 bits per heavy atom. The van der Waals surface area contributed by atoms with E-state index in [-0.39, 0.29) is 0 Å². The second-order valence-electron chi connectivity index (χ2n) is 2.31. The number of hydrogen-bond acceptors (Lipinski definition) is 0. The van der Waals surface area contributed by atoms with Gasteiger partial charge in [-0.05, 0) is 81.8 Å². The predicted octanol–water partition coefficient (Wildman–Crippen LogP) is 5.30. The first-order valence-electron chi connectivity index (χ1n) is 3.39. The monoisotopic (exact) mass is 418 g/mol. The van der Waals surface area contributed by atoms with Crippen LogP contribution in [0.15, 0.2) is 24.0 Å². The molecule has 0 aromatic heterocycles. The summed E-state index contributed by atoms with van der Waals surface area (Å²) in [5, 5.41) is 0. The Hall–Kier alpha value is 1.14. The Morgan fingerprint density at radius 2 is 1.58 bits per heavy atom. The molecule has 0 saturated heterocycles. The maximum Gasteiger partial charge on any atom is 0.0473 e. The van der Waals surface area contributed by atoms with Crippen molar-refractivity contribution >= 4 is 63.7 Å². The molecule has 12 heavy (non-hydrogen) atoms. The molecule has 0 bridgehead atoms. The summed E-state index contributed by atoms with van der Waals surface area (Å²) in [6.45, 7) is 2.13. The molecular formula is C8H6Br4. The Balaban J connectivity index is 3.39. The molecule has 0 heterocycles. The van der Waals surface area contributed by atoms with Crippen molar-refractivity contribution in [3.05, 3.63) is 29.5 Å². The fourth-order valence-corrected chi connectivity index (χ4v) is 3.26. The molecule has 0 aliphatic rings. The quantitative estimate of drug-likeness (QED) is 0.426. The van der Waals surface area contributed by atoms with Crippen LogP contribution in [0, 0.1) is 0 Å². The van der Waals surface area contributed by atoms with E-state index in [2.05, 4.69) is 76.7 Å². The third-order valence-electron chi connectivity index (χ3n) is 1.56. The number of rotatable bonds is 1. The largest absolute Gasteiger partial charge is 0.0613 e. The van der Waals surface area contributed by atoms with E-state index in [1.807, 2.05) is 0 Å². The van der Waals surface area contributed by atoms with E-state index in [0.29, 0.717) is 0 Å². The van der Waals surface area contributed by atoms with Gasteiger partial charge < -0.3 is 0 Å². The molecule has 0 N–H and O–H groups in total. The molecule has 0 aliphatic carbocycles. The van der Waals surface area contributed by atoms with Crippen LogP contribution in [0.1, 0.15) is 12.5 Å². The lowest BCUT2D eigenvalue weighted by atomic mass is 10.2. The zero-order chi connectivity index (χ0) is 9.30. The van der Waals surface area contributed by atoms with Gasteiger partial charge in [0.25, 0.3) is 0 Å². The third-order valence-corrected chi connectivity index (χ3v) is 6.30. The Labute approximate surface area is 106 Å². The van der Waals surface area contributed by atoms with E-state index in [9.17, 15) is 0 Å². The molecule has 0 spiro atoms. The lowest BCUT2D eigenvalue weighted by Gasteiger charge is -2.07. The second kappa shape index (κ2) is 4.58. The normalized spacial score (nSPS) is 10.4. The summed E-state index contributed by atoms with van der Waals surface area (Å²) in [6, 6.07) is 2.11. The van der Waals surface area contributed by atoms with E-state index in [1.165, 1.54) is 5.56 Å². The zero-order valence-electron chi connectivity index (χ0n) is 6.30. The first-order valence-corrected chi connectivity index (χ1v) is 6.57. The molecule has 1 aromatic carbocycles. The van der Waals surface area contributed by atoms with Gasteiger partial charge >= 0.3 is 0 Å². The summed E-state index contributed by atoms with van der Waals surface area (Å²) in [5.74, 6) is 0. The van der Waals surface area contributed by atoms with Gasteiger partial charge in [-0.15, -0.1) is 0 Å². The van der Waals surface area contributed by atoms with Crippen LogP contribution in [0.4, 0.5) is 0 Å². The van der Waals surface area contributed by atoms with E-state index in [4.69, 9.17) is 0 Å². The van der Waals surface area contributed by atoms with Gasteiger partial charge in [0, 0.05) is 17.9 Å². The summed E-state index contributed by atoms with van der Waals surface area (Å²) in [6.07, 6.45) is 1.02. The SMILES string of the molecule is CCc1cc(Br)c(Br)c(Br)c1Br. The number of halogens is 4. The van der Waals surface area contributed by atoms with Crippen LogP contribution in [0.5, 0.6) is 0 Å². The summed E-state index contributed by atoms with van der Waals surface area (Å²) in [7, 11) is 0. The highest BCUT2D eigenvalue weighted by atomic mass is 79.9. The summed E-state index contributed by atoms with van der Waals surface area (Å²) >= 11 is 14.0. The van der Waals surface area contributed by atoms with Gasteiger partial charge in [-0.25, -0.2) is 0 Å². The van der Waals surface area contributed by atoms with Crippen molar-refractivity contribution in [1.29, 1.82) is 0 Å². The summed E-state index contributed by atoms with van der Waals surface area (Å²) in [5.41, 5.74) is 1.29. The summed E-state index contributed by atoms with van der Waals surface area (Å²) in [4.78, 5) is 0. The van der Waals surface area contributed by atoms with Crippen LogP contribution in [0.3, 0.4) is 0 Å². The van der Waals surface area contributed by atoms with Crippen molar-refractivity contribution in [3.8, 4) is 0 Å². The molecular weight excluding hydrogens is 416 g/mol. The van der Waals surface area contributed by atoms with Gasteiger partial charge in [-0.2, -0.15) is 0 Å². The van der Waals surface area contributed by atoms with Crippen molar-refractivity contribution in [2.24, 2.45) is 0 Å². The highest BCUT2D eigenvalue weighted by Crippen LogP contribution is 2.38. The third kappa shape index (κ3) is 2.14. The minimum Gasteiger partial charge on any atom is -0.0613 e. The van der Waals surface area contributed by atoms with Crippen LogP contribution in [0.2, 0.25) is 0 Å². The molecule has 0 amide bonds. The number of hydrogen-bond donors (Lipinski definition) is 0. The Bertz CT molecular complexity index is 306. The highest BCUT2D eigenvalue weighted by Gasteiger charge is 2.09. The second-order valence-corrected chi connectivity index (χ2v) is 5.55. The fourth-order valence-electron chi connectivity index (χ4n) is 0.879. The smallest absolute Gasteiger partial charge is 0.0473 e. The van der Waals surface area contributed by atoms with Crippen molar-refractivity contribution in [1.82, 2.24) is 0 Å². The minimum absolute atomic E-state index is 1.02. The Kier molecular flexibility index (Phi) is 4.28. The van der Waals surface area contributed by atoms with E-state index >= 15 is 0 Å². The highest BCUT2D eigenvalue weighted by molar-refractivity contribution is 9.15. The van der Waals surface area contributed by atoms with E-state index in [0.717, 1.165) is 24.3 Å². The molecule has 0 atom stereocenters. The number of benzene rings is 1. The van der Waals surface area contributed by atoms with Crippen molar-refractivity contribution < 1.29 is 0 Å². The van der Waals surface area contributed by atoms with Crippen LogP contribution >= 0.6 is 63.7 Å².